The topological polar surface area (TPSA) is 143 Å². The van der Waals surface area contributed by atoms with Crippen molar-refractivity contribution in [2.75, 3.05) is 43.5 Å². The van der Waals surface area contributed by atoms with Crippen molar-refractivity contribution in [3.63, 3.8) is 0 Å². The van der Waals surface area contributed by atoms with Crippen LogP contribution in [0, 0.1) is 5.41 Å². The number of hydrogen-bond acceptors (Lipinski definition) is 9. The lowest BCUT2D eigenvalue weighted by atomic mass is 10.1. The molecule has 1 aliphatic heterocycles. The lowest BCUT2D eigenvalue weighted by molar-refractivity contribution is -0.119. The summed E-state index contributed by atoms with van der Waals surface area (Å²) in [5.74, 6) is 1.14. The van der Waals surface area contributed by atoms with Crippen LogP contribution in [-0.2, 0) is 16.1 Å². The SMILES string of the molecule is N=Cc1c(N)cccc1-c1nc(N2CCOCC2)c2sc(CNC(=O)CN)cc2n1. The van der Waals surface area contributed by atoms with Gasteiger partial charge in [-0.15, -0.1) is 11.3 Å². The molecule has 0 radical (unpaired) electrons. The standard InChI is InChI=1S/C20H23N7O2S/c21-9-14-13(2-1-3-15(14)23)19-25-16-8-12(11-24-17(28)10-22)30-18(16)20(26-19)27-4-6-29-7-5-27/h1-3,8-9,21H,4-7,10-11,22-23H2,(H,24,28). The first-order valence-electron chi connectivity index (χ1n) is 9.60. The summed E-state index contributed by atoms with van der Waals surface area (Å²) in [6.07, 6.45) is 1.23. The summed E-state index contributed by atoms with van der Waals surface area (Å²) in [5, 5.41) is 10.6. The van der Waals surface area contributed by atoms with Gasteiger partial charge < -0.3 is 31.8 Å². The lowest BCUT2D eigenvalue weighted by Gasteiger charge is -2.28. The van der Waals surface area contributed by atoms with Gasteiger partial charge in [0.1, 0.15) is 0 Å². The molecule has 156 valence electrons. The number of carbonyl (C=O) groups excluding carboxylic acids is 1. The molecule has 0 saturated carbocycles. The highest BCUT2D eigenvalue weighted by atomic mass is 32.1. The van der Waals surface area contributed by atoms with Gasteiger partial charge in [-0.1, -0.05) is 12.1 Å². The fourth-order valence-electron chi connectivity index (χ4n) is 3.36. The Bertz CT molecular complexity index is 1090. The first-order valence-corrected chi connectivity index (χ1v) is 10.4. The number of benzene rings is 1. The molecule has 2 aromatic heterocycles. The Balaban J connectivity index is 1.83. The molecular formula is C20H23N7O2S. The zero-order valence-corrected chi connectivity index (χ0v) is 17.2. The predicted octanol–water partition coefficient (Wildman–Crippen LogP) is 1.35. The minimum absolute atomic E-state index is 0.0459. The second kappa shape index (κ2) is 8.74. The molecule has 0 unspecified atom stereocenters. The number of rotatable bonds is 6. The van der Waals surface area contributed by atoms with Gasteiger partial charge >= 0.3 is 0 Å². The van der Waals surface area contributed by atoms with Crippen LogP contribution in [0.4, 0.5) is 11.5 Å². The van der Waals surface area contributed by atoms with E-state index in [0.717, 1.165) is 34.0 Å². The minimum atomic E-state index is -0.206. The highest BCUT2D eigenvalue weighted by Crippen LogP contribution is 2.35. The number of nitrogen functional groups attached to an aromatic ring is 1. The van der Waals surface area contributed by atoms with E-state index in [1.165, 1.54) is 6.21 Å². The van der Waals surface area contributed by atoms with Gasteiger partial charge in [-0.25, -0.2) is 9.97 Å². The summed E-state index contributed by atoms with van der Waals surface area (Å²) in [5.41, 5.74) is 14.1. The third-order valence-electron chi connectivity index (χ3n) is 4.89. The smallest absolute Gasteiger partial charge is 0.234 e. The average molecular weight is 426 g/mol. The van der Waals surface area contributed by atoms with Crippen molar-refractivity contribution in [2.45, 2.75) is 6.54 Å². The van der Waals surface area contributed by atoms with Crippen LogP contribution in [0.25, 0.3) is 21.6 Å². The van der Waals surface area contributed by atoms with Gasteiger partial charge in [0.05, 0.1) is 36.5 Å². The number of ether oxygens (including phenoxy) is 1. The summed E-state index contributed by atoms with van der Waals surface area (Å²) >= 11 is 1.55. The van der Waals surface area contributed by atoms with E-state index in [2.05, 4.69) is 10.2 Å². The predicted molar refractivity (Wildman–Crippen MR) is 119 cm³/mol. The van der Waals surface area contributed by atoms with Crippen LogP contribution in [0.5, 0.6) is 0 Å². The first kappa shape index (κ1) is 20.2. The molecule has 9 nitrogen and oxygen atoms in total. The molecule has 4 rings (SSSR count). The zero-order chi connectivity index (χ0) is 21.1. The third-order valence-corrected chi connectivity index (χ3v) is 6.01. The normalized spacial score (nSPS) is 14.1. The molecule has 3 aromatic rings. The molecule has 1 saturated heterocycles. The Morgan fingerprint density at radius 2 is 2.13 bits per heavy atom. The van der Waals surface area contributed by atoms with E-state index in [9.17, 15) is 4.79 Å². The molecule has 0 spiro atoms. The molecular weight excluding hydrogens is 402 g/mol. The van der Waals surface area contributed by atoms with Crippen LogP contribution in [0.3, 0.4) is 0 Å². The van der Waals surface area contributed by atoms with Crippen LogP contribution in [0.1, 0.15) is 10.4 Å². The van der Waals surface area contributed by atoms with Crippen LogP contribution in [0.15, 0.2) is 24.3 Å². The summed E-state index contributed by atoms with van der Waals surface area (Å²) < 4.78 is 6.45. The van der Waals surface area contributed by atoms with Gasteiger partial charge in [-0.05, 0) is 12.1 Å². The maximum Gasteiger partial charge on any atom is 0.234 e. The van der Waals surface area contributed by atoms with Crippen molar-refractivity contribution < 1.29 is 9.53 Å². The summed E-state index contributed by atoms with van der Waals surface area (Å²) in [6.45, 7) is 3.08. The van der Waals surface area contributed by atoms with E-state index >= 15 is 0 Å². The molecule has 10 heteroatoms. The molecule has 1 fully saturated rings. The molecule has 6 N–H and O–H groups in total. The second-order valence-corrected chi connectivity index (χ2v) is 7.97. The van der Waals surface area contributed by atoms with E-state index in [-0.39, 0.29) is 12.5 Å². The number of aromatic nitrogens is 2. The number of hydrogen-bond donors (Lipinski definition) is 4. The van der Waals surface area contributed by atoms with E-state index in [0.29, 0.717) is 42.4 Å². The van der Waals surface area contributed by atoms with Gasteiger partial charge in [-0.3, -0.25) is 4.79 Å². The fourth-order valence-corrected chi connectivity index (χ4v) is 4.41. The van der Waals surface area contributed by atoms with E-state index in [1.54, 1.807) is 17.4 Å². The Kier molecular flexibility index (Phi) is 5.88. The van der Waals surface area contributed by atoms with Crippen LogP contribution < -0.4 is 21.7 Å². The Morgan fingerprint density at radius 1 is 1.33 bits per heavy atom. The molecule has 1 amide bonds. The van der Waals surface area contributed by atoms with Crippen LogP contribution >= 0.6 is 11.3 Å². The number of anilines is 2. The van der Waals surface area contributed by atoms with Gasteiger partial charge in [0, 0.05) is 41.0 Å². The van der Waals surface area contributed by atoms with Gasteiger partial charge in [-0.2, -0.15) is 0 Å². The molecule has 1 aliphatic rings. The number of nitrogens with zero attached hydrogens (tertiary/aromatic N) is 3. The first-order chi connectivity index (χ1) is 14.6. The Morgan fingerprint density at radius 3 is 2.87 bits per heavy atom. The van der Waals surface area contributed by atoms with Crippen molar-refractivity contribution in [3.05, 3.63) is 34.7 Å². The van der Waals surface area contributed by atoms with Crippen molar-refractivity contribution in [1.82, 2.24) is 15.3 Å². The number of thiophene rings is 1. The highest BCUT2D eigenvalue weighted by molar-refractivity contribution is 7.19. The average Bonchev–Trinajstić information content (AvgIpc) is 3.20. The Hall–Kier alpha value is -3.08. The number of fused-ring (bicyclic) bond motifs is 1. The summed E-state index contributed by atoms with van der Waals surface area (Å²) in [7, 11) is 0. The number of nitrogens with two attached hydrogens (primary N) is 2. The molecule has 0 aliphatic carbocycles. The monoisotopic (exact) mass is 425 g/mol. The minimum Gasteiger partial charge on any atom is -0.398 e. The van der Waals surface area contributed by atoms with Gasteiger partial charge in [0.25, 0.3) is 0 Å². The molecule has 30 heavy (non-hydrogen) atoms. The van der Waals surface area contributed by atoms with Crippen LogP contribution in [-0.4, -0.2) is 54.9 Å². The fraction of sp³-hybridized carbons (Fsp3) is 0.300. The maximum absolute atomic E-state index is 11.5. The maximum atomic E-state index is 11.5. The molecule has 3 heterocycles. The van der Waals surface area contributed by atoms with E-state index in [1.807, 2.05) is 18.2 Å². The van der Waals surface area contributed by atoms with Crippen molar-refractivity contribution >= 4 is 45.2 Å². The zero-order valence-electron chi connectivity index (χ0n) is 16.4. The number of morpholine rings is 1. The number of carbonyl (C=O) groups is 1. The lowest BCUT2D eigenvalue weighted by Crippen LogP contribution is -2.36. The molecule has 0 bridgehead atoms. The van der Waals surface area contributed by atoms with Gasteiger partial charge in [0.15, 0.2) is 11.6 Å². The van der Waals surface area contributed by atoms with Crippen molar-refractivity contribution in [3.8, 4) is 11.4 Å². The molecule has 0 atom stereocenters. The van der Waals surface area contributed by atoms with Crippen molar-refractivity contribution in [1.29, 1.82) is 5.41 Å². The quantitative estimate of drug-likeness (QED) is 0.345. The molecule has 1 aromatic carbocycles. The third kappa shape index (κ3) is 3.97. The largest absolute Gasteiger partial charge is 0.398 e. The Labute approximate surface area is 177 Å². The summed E-state index contributed by atoms with van der Waals surface area (Å²) in [6, 6.07) is 7.42. The van der Waals surface area contributed by atoms with Crippen molar-refractivity contribution in [2.24, 2.45) is 5.73 Å². The van der Waals surface area contributed by atoms with E-state index in [4.69, 9.17) is 31.6 Å². The summed E-state index contributed by atoms with van der Waals surface area (Å²) in [4.78, 5) is 24.3. The van der Waals surface area contributed by atoms with Crippen LogP contribution in [0.2, 0.25) is 0 Å². The van der Waals surface area contributed by atoms with Gasteiger partial charge in [0.2, 0.25) is 5.91 Å². The number of amides is 1. The highest BCUT2D eigenvalue weighted by Gasteiger charge is 2.21. The van der Waals surface area contributed by atoms with E-state index < -0.39 is 0 Å². The number of nitrogens with one attached hydrogen (secondary N) is 2. The second-order valence-electron chi connectivity index (χ2n) is 6.83.